The lowest BCUT2D eigenvalue weighted by atomic mass is 10.0. The smallest absolute Gasteiger partial charge is 0.119 e. The SMILES string of the molecule is CC(C)c1ccc(OCCCCNCCO)cc1. The minimum atomic E-state index is 0.207. The van der Waals surface area contributed by atoms with Gasteiger partial charge in [-0.3, -0.25) is 0 Å². The molecular weight excluding hydrogens is 226 g/mol. The summed E-state index contributed by atoms with van der Waals surface area (Å²) >= 11 is 0. The maximum atomic E-state index is 8.59. The third-order valence-corrected chi connectivity index (χ3v) is 2.85. The molecule has 18 heavy (non-hydrogen) atoms. The van der Waals surface area contributed by atoms with Gasteiger partial charge in [0.15, 0.2) is 0 Å². The van der Waals surface area contributed by atoms with Gasteiger partial charge in [-0.2, -0.15) is 0 Å². The molecule has 0 aliphatic carbocycles. The van der Waals surface area contributed by atoms with E-state index in [0.29, 0.717) is 12.5 Å². The van der Waals surface area contributed by atoms with E-state index in [2.05, 4.69) is 31.3 Å². The number of aliphatic hydroxyl groups is 1. The van der Waals surface area contributed by atoms with E-state index in [1.54, 1.807) is 0 Å². The Hall–Kier alpha value is -1.06. The molecule has 0 radical (unpaired) electrons. The van der Waals surface area contributed by atoms with Crippen LogP contribution in [0.3, 0.4) is 0 Å². The van der Waals surface area contributed by atoms with Crippen molar-refractivity contribution in [3.05, 3.63) is 29.8 Å². The van der Waals surface area contributed by atoms with Crippen molar-refractivity contribution in [1.82, 2.24) is 5.32 Å². The number of nitrogens with one attached hydrogen (secondary N) is 1. The lowest BCUT2D eigenvalue weighted by Crippen LogP contribution is -2.19. The number of unbranched alkanes of at least 4 members (excludes halogenated alkanes) is 1. The van der Waals surface area contributed by atoms with Crippen LogP contribution in [0.4, 0.5) is 0 Å². The summed E-state index contributed by atoms with van der Waals surface area (Å²) < 4.78 is 5.67. The molecule has 0 aromatic heterocycles. The van der Waals surface area contributed by atoms with Gasteiger partial charge in [0.2, 0.25) is 0 Å². The summed E-state index contributed by atoms with van der Waals surface area (Å²) in [5.74, 6) is 1.51. The van der Waals surface area contributed by atoms with Gasteiger partial charge in [0.05, 0.1) is 13.2 Å². The van der Waals surface area contributed by atoms with Crippen molar-refractivity contribution in [2.75, 3.05) is 26.3 Å². The highest BCUT2D eigenvalue weighted by Gasteiger charge is 1.99. The summed E-state index contributed by atoms with van der Waals surface area (Å²) in [5, 5.41) is 11.7. The molecule has 2 N–H and O–H groups in total. The van der Waals surface area contributed by atoms with Crippen LogP contribution in [0.2, 0.25) is 0 Å². The number of rotatable bonds is 9. The van der Waals surface area contributed by atoms with Crippen molar-refractivity contribution in [3.63, 3.8) is 0 Å². The summed E-state index contributed by atoms with van der Waals surface area (Å²) in [6, 6.07) is 8.34. The van der Waals surface area contributed by atoms with Crippen LogP contribution in [0.15, 0.2) is 24.3 Å². The average molecular weight is 251 g/mol. The van der Waals surface area contributed by atoms with Crippen molar-refractivity contribution < 1.29 is 9.84 Å². The summed E-state index contributed by atoms with van der Waals surface area (Å²) in [6.07, 6.45) is 2.11. The second-order valence-electron chi connectivity index (χ2n) is 4.75. The van der Waals surface area contributed by atoms with Gasteiger partial charge in [-0.15, -0.1) is 0 Å². The van der Waals surface area contributed by atoms with Crippen LogP contribution < -0.4 is 10.1 Å². The minimum absolute atomic E-state index is 0.207. The molecule has 0 amide bonds. The van der Waals surface area contributed by atoms with Crippen LogP contribution in [0.1, 0.15) is 38.2 Å². The van der Waals surface area contributed by atoms with Crippen molar-refractivity contribution >= 4 is 0 Å². The predicted octanol–water partition coefficient (Wildman–Crippen LogP) is 2.55. The highest BCUT2D eigenvalue weighted by atomic mass is 16.5. The number of hydrogen-bond donors (Lipinski definition) is 2. The molecule has 0 unspecified atom stereocenters. The van der Waals surface area contributed by atoms with Crippen LogP contribution in [-0.4, -0.2) is 31.4 Å². The molecule has 3 nitrogen and oxygen atoms in total. The maximum Gasteiger partial charge on any atom is 0.119 e. The van der Waals surface area contributed by atoms with E-state index < -0.39 is 0 Å². The maximum absolute atomic E-state index is 8.59. The van der Waals surface area contributed by atoms with Crippen LogP contribution in [0.25, 0.3) is 0 Å². The zero-order valence-corrected chi connectivity index (χ0v) is 11.5. The summed E-state index contributed by atoms with van der Waals surface area (Å²) in [7, 11) is 0. The summed E-state index contributed by atoms with van der Waals surface area (Å²) in [5.41, 5.74) is 1.34. The number of benzene rings is 1. The van der Waals surface area contributed by atoms with Crippen LogP contribution in [0, 0.1) is 0 Å². The molecule has 3 heteroatoms. The van der Waals surface area contributed by atoms with Crippen molar-refractivity contribution in [1.29, 1.82) is 0 Å². The second kappa shape index (κ2) is 8.95. The highest BCUT2D eigenvalue weighted by molar-refractivity contribution is 5.28. The van der Waals surface area contributed by atoms with Gasteiger partial charge < -0.3 is 15.2 Å². The van der Waals surface area contributed by atoms with E-state index >= 15 is 0 Å². The van der Waals surface area contributed by atoms with E-state index in [0.717, 1.165) is 31.7 Å². The molecule has 0 aliphatic heterocycles. The second-order valence-corrected chi connectivity index (χ2v) is 4.75. The Bertz CT molecular complexity index is 309. The first-order valence-electron chi connectivity index (χ1n) is 6.78. The first-order valence-corrected chi connectivity index (χ1v) is 6.78. The Morgan fingerprint density at radius 3 is 2.44 bits per heavy atom. The summed E-state index contributed by atoms with van der Waals surface area (Å²) in [6.45, 7) is 6.96. The molecule has 0 saturated heterocycles. The predicted molar refractivity (Wildman–Crippen MR) is 75.2 cm³/mol. The first kappa shape index (κ1) is 15.0. The van der Waals surface area contributed by atoms with E-state index in [4.69, 9.17) is 9.84 Å². The lowest BCUT2D eigenvalue weighted by molar-refractivity contribution is 0.286. The van der Waals surface area contributed by atoms with Gasteiger partial charge >= 0.3 is 0 Å². The minimum Gasteiger partial charge on any atom is -0.494 e. The van der Waals surface area contributed by atoms with E-state index in [1.165, 1.54) is 5.56 Å². The normalized spacial score (nSPS) is 10.9. The monoisotopic (exact) mass is 251 g/mol. The van der Waals surface area contributed by atoms with Gasteiger partial charge in [0.25, 0.3) is 0 Å². The third-order valence-electron chi connectivity index (χ3n) is 2.85. The zero-order valence-electron chi connectivity index (χ0n) is 11.5. The van der Waals surface area contributed by atoms with Gasteiger partial charge in [0, 0.05) is 6.54 Å². The number of ether oxygens (including phenoxy) is 1. The van der Waals surface area contributed by atoms with Gasteiger partial charge in [-0.1, -0.05) is 26.0 Å². The van der Waals surface area contributed by atoms with Crippen molar-refractivity contribution in [2.45, 2.75) is 32.6 Å². The van der Waals surface area contributed by atoms with Crippen LogP contribution in [-0.2, 0) is 0 Å². The Morgan fingerprint density at radius 1 is 1.11 bits per heavy atom. The lowest BCUT2D eigenvalue weighted by Gasteiger charge is -2.09. The van der Waals surface area contributed by atoms with Crippen molar-refractivity contribution in [3.8, 4) is 5.75 Å². The standard InChI is InChI=1S/C15H25NO2/c1-13(2)14-5-7-15(8-6-14)18-12-4-3-9-16-10-11-17/h5-8,13,16-17H,3-4,9-12H2,1-2H3. The Labute approximate surface area is 110 Å². The molecule has 0 heterocycles. The fraction of sp³-hybridized carbons (Fsp3) is 0.600. The number of aliphatic hydroxyl groups excluding tert-OH is 1. The first-order chi connectivity index (χ1) is 8.74. The molecule has 0 spiro atoms. The molecule has 0 fully saturated rings. The van der Waals surface area contributed by atoms with Crippen LogP contribution in [0.5, 0.6) is 5.75 Å². The molecule has 0 aliphatic rings. The fourth-order valence-corrected chi connectivity index (χ4v) is 1.70. The Kier molecular flexibility index (Phi) is 7.46. The Morgan fingerprint density at radius 2 is 1.83 bits per heavy atom. The van der Waals surface area contributed by atoms with Gasteiger partial charge in [-0.25, -0.2) is 0 Å². The molecule has 1 aromatic carbocycles. The van der Waals surface area contributed by atoms with E-state index in [9.17, 15) is 0 Å². The summed E-state index contributed by atoms with van der Waals surface area (Å²) in [4.78, 5) is 0. The number of hydrogen-bond acceptors (Lipinski definition) is 3. The molecule has 1 aromatic rings. The average Bonchev–Trinajstić information content (AvgIpc) is 2.38. The third kappa shape index (κ3) is 6.03. The Balaban J connectivity index is 2.12. The zero-order chi connectivity index (χ0) is 13.2. The van der Waals surface area contributed by atoms with Gasteiger partial charge in [-0.05, 0) is 43.0 Å². The molecule has 0 atom stereocenters. The molecular formula is C15H25NO2. The van der Waals surface area contributed by atoms with Crippen molar-refractivity contribution in [2.24, 2.45) is 0 Å². The van der Waals surface area contributed by atoms with Crippen LogP contribution >= 0.6 is 0 Å². The topological polar surface area (TPSA) is 41.5 Å². The van der Waals surface area contributed by atoms with E-state index in [-0.39, 0.29) is 6.61 Å². The fourth-order valence-electron chi connectivity index (χ4n) is 1.70. The molecule has 102 valence electrons. The molecule has 0 bridgehead atoms. The van der Waals surface area contributed by atoms with E-state index in [1.807, 2.05) is 12.1 Å². The molecule has 1 rings (SSSR count). The molecule has 0 saturated carbocycles. The quantitative estimate of drug-likeness (QED) is 0.663. The highest BCUT2D eigenvalue weighted by Crippen LogP contribution is 2.18. The van der Waals surface area contributed by atoms with Gasteiger partial charge in [0.1, 0.15) is 5.75 Å². The largest absolute Gasteiger partial charge is 0.494 e.